The van der Waals surface area contributed by atoms with Crippen LogP contribution in [0.15, 0.2) is 29.0 Å². The molecule has 0 aliphatic heterocycles. The quantitative estimate of drug-likeness (QED) is 0.849. The SMILES string of the molecule is CC(CO)N(C)Cc1nc(-c2cccnc2)no1. The second-order valence-corrected chi connectivity index (χ2v) is 4.20. The lowest BCUT2D eigenvalue weighted by Gasteiger charge is -2.20. The molecular weight excluding hydrogens is 232 g/mol. The molecule has 0 fully saturated rings. The number of likely N-dealkylation sites (N-methyl/N-ethyl adjacent to an activating group) is 1. The van der Waals surface area contributed by atoms with Crippen molar-refractivity contribution in [3.8, 4) is 11.4 Å². The van der Waals surface area contributed by atoms with E-state index >= 15 is 0 Å². The van der Waals surface area contributed by atoms with Crippen LogP contribution in [-0.2, 0) is 6.54 Å². The fraction of sp³-hybridized carbons (Fsp3) is 0.417. The average Bonchev–Trinajstić information content (AvgIpc) is 2.87. The third-order valence-electron chi connectivity index (χ3n) is 2.79. The molecule has 0 saturated carbocycles. The zero-order chi connectivity index (χ0) is 13.0. The summed E-state index contributed by atoms with van der Waals surface area (Å²) in [6.45, 7) is 2.54. The summed E-state index contributed by atoms with van der Waals surface area (Å²) in [4.78, 5) is 10.2. The lowest BCUT2D eigenvalue weighted by Crippen LogP contribution is -2.31. The van der Waals surface area contributed by atoms with Crippen LogP contribution in [0, 0.1) is 0 Å². The Labute approximate surface area is 105 Å². The van der Waals surface area contributed by atoms with E-state index in [9.17, 15) is 0 Å². The van der Waals surface area contributed by atoms with Gasteiger partial charge in [-0.1, -0.05) is 5.16 Å². The Bertz CT molecular complexity index is 486. The van der Waals surface area contributed by atoms with Crippen molar-refractivity contribution in [3.63, 3.8) is 0 Å². The Morgan fingerprint density at radius 3 is 3.00 bits per heavy atom. The molecule has 0 aliphatic rings. The molecule has 6 heteroatoms. The highest BCUT2D eigenvalue weighted by atomic mass is 16.5. The maximum atomic E-state index is 9.05. The van der Waals surface area contributed by atoms with Crippen molar-refractivity contribution in [1.82, 2.24) is 20.0 Å². The van der Waals surface area contributed by atoms with Gasteiger partial charge in [0.1, 0.15) is 0 Å². The number of hydrogen-bond donors (Lipinski definition) is 1. The minimum Gasteiger partial charge on any atom is -0.395 e. The minimum atomic E-state index is 0.0544. The van der Waals surface area contributed by atoms with Gasteiger partial charge < -0.3 is 9.63 Å². The maximum Gasteiger partial charge on any atom is 0.241 e. The molecule has 96 valence electrons. The molecule has 0 aliphatic carbocycles. The van der Waals surface area contributed by atoms with Crippen molar-refractivity contribution in [1.29, 1.82) is 0 Å². The zero-order valence-corrected chi connectivity index (χ0v) is 10.4. The van der Waals surface area contributed by atoms with Crippen LogP contribution in [0.5, 0.6) is 0 Å². The molecule has 0 radical (unpaired) electrons. The van der Waals surface area contributed by atoms with Crippen LogP contribution in [-0.4, -0.2) is 44.8 Å². The number of hydrogen-bond acceptors (Lipinski definition) is 6. The number of aliphatic hydroxyl groups is 1. The summed E-state index contributed by atoms with van der Waals surface area (Å²) < 4.78 is 5.17. The Kier molecular flexibility index (Phi) is 4.01. The van der Waals surface area contributed by atoms with Gasteiger partial charge in [-0.2, -0.15) is 4.98 Å². The van der Waals surface area contributed by atoms with E-state index in [2.05, 4.69) is 15.1 Å². The molecule has 0 saturated heterocycles. The average molecular weight is 248 g/mol. The van der Waals surface area contributed by atoms with Crippen LogP contribution >= 0.6 is 0 Å². The van der Waals surface area contributed by atoms with Crippen LogP contribution in [0.2, 0.25) is 0 Å². The highest BCUT2D eigenvalue weighted by Crippen LogP contribution is 2.14. The molecule has 0 amide bonds. The summed E-state index contributed by atoms with van der Waals surface area (Å²) in [7, 11) is 1.90. The molecule has 18 heavy (non-hydrogen) atoms. The Hall–Kier alpha value is -1.79. The monoisotopic (exact) mass is 248 g/mol. The van der Waals surface area contributed by atoms with E-state index in [1.807, 2.05) is 31.0 Å². The Morgan fingerprint density at radius 1 is 1.50 bits per heavy atom. The standard InChI is InChI=1S/C12H16N4O2/c1-9(8-17)16(2)7-11-14-12(15-18-11)10-4-3-5-13-6-10/h3-6,9,17H,7-8H2,1-2H3. The first-order valence-electron chi connectivity index (χ1n) is 5.74. The van der Waals surface area contributed by atoms with Crippen molar-refractivity contribution in [2.75, 3.05) is 13.7 Å². The van der Waals surface area contributed by atoms with E-state index < -0.39 is 0 Å². The summed E-state index contributed by atoms with van der Waals surface area (Å²) in [6.07, 6.45) is 3.38. The molecule has 0 aromatic carbocycles. The van der Waals surface area contributed by atoms with E-state index in [0.717, 1.165) is 5.56 Å². The first kappa shape index (κ1) is 12.7. The summed E-state index contributed by atoms with van der Waals surface area (Å²) in [5.41, 5.74) is 0.824. The highest BCUT2D eigenvalue weighted by molar-refractivity contribution is 5.51. The lowest BCUT2D eigenvalue weighted by atomic mass is 10.3. The fourth-order valence-corrected chi connectivity index (χ4v) is 1.44. The second-order valence-electron chi connectivity index (χ2n) is 4.20. The van der Waals surface area contributed by atoms with Crippen LogP contribution in [0.4, 0.5) is 0 Å². The smallest absolute Gasteiger partial charge is 0.241 e. The topological polar surface area (TPSA) is 75.3 Å². The lowest BCUT2D eigenvalue weighted by molar-refractivity contribution is 0.142. The molecule has 6 nitrogen and oxygen atoms in total. The van der Waals surface area contributed by atoms with Gasteiger partial charge in [0.15, 0.2) is 0 Å². The maximum absolute atomic E-state index is 9.05. The van der Waals surface area contributed by atoms with Crippen molar-refractivity contribution in [2.24, 2.45) is 0 Å². The third kappa shape index (κ3) is 2.91. The summed E-state index contributed by atoms with van der Waals surface area (Å²) in [5, 5.41) is 13.0. The number of aromatic nitrogens is 3. The molecule has 1 atom stereocenters. The van der Waals surface area contributed by atoms with Crippen molar-refractivity contribution < 1.29 is 9.63 Å². The predicted molar refractivity (Wildman–Crippen MR) is 65.5 cm³/mol. The Balaban J connectivity index is 2.07. The second kappa shape index (κ2) is 5.70. The summed E-state index contributed by atoms with van der Waals surface area (Å²) in [5.74, 6) is 1.06. The number of aliphatic hydroxyl groups excluding tert-OH is 1. The van der Waals surface area contributed by atoms with Crippen molar-refractivity contribution in [2.45, 2.75) is 19.5 Å². The van der Waals surface area contributed by atoms with Gasteiger partial charge in [-0.3, -0.25) is 9.88 Å². The van der Waals surface area contributed by atoms with E-state index in [4.69, 9.17) is 9.63 Å². The van der Waals surface area contributed by atoms with Gasteiger partial charge in [-0.15, -0.1) is 0 Å². The number of pyridine rings is 1. The van der Waals surface area contributed by atoms with Crippen molar-refractivity contribution >= 4 is 0 Å². The Morgan fingerprint density at radius 2 is 2.33 bits per heavy atom. The summed E-state index contributed by atoms with van der Waals surface area (Å²) in [6, 6.07) is 3.76. The minimum absolute atomic E-state index is 0.0544. The molecular formula is C12H16N4O2. The van der Waals surface area contributed by atoms with Crippen LogP contribution in [0.25, 0.3) is 11.4 Å². The van der Waals surface area contributed by atoms with E-state index in [1.165, 1.54) is 0 Å². The largest absolute Gasteiger partial charge is 0.395 e. The molecule has 2 aromatic rings. The van der Waals surface area contributed by atoms with Crippen LogP contribution in [0.3, 0.4) is 0 Å². The van der Waals surface area contributed by atoms with Gasteiger partial charge in [0, 0.05) is 24.0 Å². The number of nitrogens with zero attached hydrogens (tertiary/aromatic N) is 4. The highest BCUT2D eigenvalue weighted by Gasteiger charge is 2.13. The molecule has 2 rings (SSSR count). The molecule has 1 unspecified atom stereocenters. The molecule has 1 N–H and O–H groups in total. The van der Waals surface area contributed by atoms with E-state index in [1.54, 1.807) is 12.4 Å². The van der Waals surface area contributed by atoms with Gasteiger partial charge in [0.05, 0.1) is 13.2 Å². The first-order valence-corrected chi connectivity index (χ1v) is 5.74. The van der Waals surface area contributed by atoms with Crippen LogP contribution < -0.4 is 0 Å². The predicted octanol–water partition coefficient (Wildman–Crippen LogP) is 0.944. The fourth-order valence-electron chi connectivity index (χ4n) is 1.44. The molecule has 0 bridgehead atoms. The van der Waals surface area contributed by atoms with Gasteiger partial charge in [-0.25, -0.2) is 0 Å². The van der Waals surface area contributed by atoms with Crippen LogP contribution in [0.1, 0.15) is 12.8 Å². The zero-order valence-electron chi connectivity index (χ0n) is 10.4. The third-order valence-corrected chi connectivity index (χ3v) is 2.79. The first-order chi connectivity index (χ1) is 8.70. The van der Waals surface area contributed by atoms with E-state index in [-0.39, 0.29) is 12.6 Å². The van der Waals surface area contributed by atoms with Gasteiger partial charge in [0.2, 0.25) is 11.7 Å². The van der Waals surface area contributed by atoms with Gasteiger partial charge in [0.25, 0.3) is 0 Å². The summed E-state index contributed by atoms with van der Waals surface area (Å²) >= 11 is 0. The molecule has 0 spiro atoms. The molecule has 2 aromatic heterocycles. The normalized spacial score (nSPS) is 12.9. The van der Waals surface area contributed by atoms with E-state index in [0.29, 0.717) is 18.3 Å². The molecule has 2 heterocycles. The van der Waals surface area contributed by atoms with Gasteiger partial charge >= 0.3 is 0 Å². The van der Waals surface area contributed by atoms with Crippen molar-refractivity contribution in [3.05, 3.63) is 30.4 Å². The number of rotatable bonds is 5. The van der Waals surface area contributed by atoms with Gasteiger partial charge in [-0.05, 0) is 26.1 Å².